The predicted octanol–water partition coefficient (Wildman–Crippen LogP) is 1.15. The molecule has 1 aliphatic heterocycles. The van der Waals surface area contributed by atoms with Crippen LogP contribution in [0, 0.1) is 5.41 Å². The Morgan fingerprint density at radius 1 is 1.19 bits per heavy atom. The zero-order valence-corrected chi connectivity index (χ0v) is 13.0. The molecule has 0 saturated carbocycles. The number of piperidine rings is 1. The molecule has 1 saturated heterocycles. The lowest BCUT2D eigenvalue weighted by atomic mass is 9.78. The lowest BCUT2D eigenvalue weighted by Crippen LogP contribution is -2.50. The standard InChI is InChI=1S/C15H28N2O4/c1-21-12-15(7-10-16-11-8-15)14(20)17-9-5-3-2-4-6-13(18)19/h16H,2-12H2,1H3,(H,17,20)(H,18,19). The summed E-state index contributed by atoms with van der Waals surface area (Å²) in [6.07, 6.45) is 5.31. The fourth-order valence-electron chi connectivity index (χ4n) is 2.76. The predicted molar refractivity (Wildman–Crippen MR) is 80.1 cm³/mol. The summed E-state index contributed by atoms with van der Waals surface area (Å²) in [6.45, 7) is 2.84. The van der Waals surface area contributed by atoms with Crippen LogP contribution in [0.25, 0.3) is 0 Å². The molecular formula is C15H28N2O4. The molecule has 1 amide bonds. The van der Waals surface area contributed by atoms with E-state index in [-0.39, 0.29) is 17.7 Å². The second-order valence-corrected chi connectivity index (χ2v) is 5.78. The highest BCUT2D eigenvalue weighted by Crippen LogP contribution is 2.29. The third-order valence-corrected chi connectivity index (χ3v) is 4.07. The summed E-state index contributed by atoms with van der Waals surface area (Å²) in [6, 6.07) is 0. The van der Waals surface area contributed by atoms with Crippen LogP contribution in [0.15, 0.2) is 0 Å². The first-order chi connectivity index (χ1) is 10.1. The van der Waals surface area contributed by atoms with Crippen LogP contribution in [0.4, 0.5) is 0 Å². The number of carbonyl (C=O) groups is 2. The Morgan fingerprint density at radius 2 is 1.86 bits per heavy atom. The van der Waals surface area contributed by atoms with Gasteiger partial charge in [-0.2, -0.15) is 0 Å². The van der Waals surface area contributed by atoms with E-state index < -0.39 is 5.97 Å². The highest BCUT2D eigenvalue weighted by Gasteiger charge is 2.39. The molecule has 0 radical (unpaired) electrons. The molecule has 122 valence electrons. The number of hydrogen-bond acceptors (Lipinski definition) is 4. The van der Waals surface area contributed by atoms with Crippen molar-refractivity contribution in [2.75, 3.05) is 33.4 Å². The molecule has 3 N–H and O–H groups in total. The lowest BCUT2D eigenvalue weighted by Gasteiger charge is -2.35. The van der Waals surface area contributed by atoms with E-state index in [2.05, 4.69) is 10.6 Å². The van der Waals surface area contributed by atoms with Gasteiger partial charge in [-0.3, -0.25) is 9.59 Å². The van der Waals surface area contributed by atoms with Crippen LogP contribution < -0.4 is 10.6 Å². The number of nitrogens with one attached hydrogen (secondary N) is 2. The SMILES string of the molecule is COCC1(C(=O)NCCCCCCC(=O)O)CCNCC1. The van der Waals surface area contributed by atoms with Crippen molar-refractivity contribution in [2.24, 2.45) is 5.41 Å². The molecule has 0 atom stereocenters. The van der Waals surface area contributed by atoms with E-state index in [1.54, 1.807) is 7.11 Å². The molecule has 0 bridgehead atoms. The van der Waals surface area contributed by atoms with Crippen molar-refractivity contribution >= 4 is 11.9 Å². The Balaban J connectivity index is 2.20. The molecule has 1 heterocycles. The van der Waals surface area contributed by atoms with Gasteiger partial charge in [0.25, 0.3) is 0 Å². The maximum Gasteiger partial charge on any atom is 0.303 e. The van der Waals surface area contributed by atoms with Crippen LogP contribution in [0.3, 0.4) is 0 Å². The van der Waals surface area contributed by atoms with Crippen LogP contribution in [0.1, 0.15) is 44.9 Å². The highest BCUT2D eigenvalue weighted by molar-refractivity contribution is 5.82. The number of carboxylic acids is 1. The number of aliphatic carboxylic acids is 1. The van der Waals surface area contributed by atoms with Crippen LogP contribution in [-0.4, -0.2) is 50.3 Å². The minimum atomic E-state index is -0.740. The van der Waals surface area contributed by atoms with Crippen LogP contribution >= 0.6 is 0 Å². The number of ether oxygens (including phenoxy) is 1. The van der Waals surface area contributed by atoms with Crippen molar-refractivity contribution in [3.63, 3.8) is 0 Å². The van der Waals surface area contributed by atoms with E-state index in [0.29, 0.717) is 19.6 Å². The number of carboxylic acid groups (broad SMARTS) is 1. The van der Waals surface area contributed by atoms with Crippen LogP contribution in [0.5, 0.6) is 0 Å². The summed E-state index contributed by atoms with van der Waals surface area (Å²) < 4.78 is 5.24. The fourth-order valence-corrected chi connectivity index (χ4v) is 2.76. The fraction of sp³-hybridized carbons (Fsp3) is 0.867. The van der Waals surface area contributed by atoms with Crippen molar-refractivity contribution in [3.8, 4) is 0 Å². The van der Waals surface area contributed by atoms with Gasteiger partial charge < -0.3 is 20.5 Å². The number of amides is 1. The first kappa shape index (κ1) is 17.9. The molecule has 0 aromatic carbocycles. The quantitative estimate of drug-likeness (QED) is 0.527. The van der Waals surface area contributed by atoms with Crippen molar-refractivity contribution in [1.82, 2.24) is 10.6 Å². The third kappa shape index (κ3) is 6.44. The molecule has 0 aliphatic carbocycles. The third-order valence-electron chi connectivity index (χ3n) is 4.07. The van der Waals surface area contributed by atoms with E-state index in [1.165, 1.54) is 0 Å². The summed E-state index contributed by atoms with van der Waals surface area (Å²) in [7, 11) is 1.64. The van der Waals surface area contributed by atoms with Crippen molar-refractivity contribution in [2.45, 2.75) is 44.9 Å². The van der Waals surface area contributed by atoms with Crippen molar-refractivity contribution < 1.29 is 19.4 Å². The zero-order valence-electron chi connectivity index (χ0n) is 13.0. The normalized spacial score (nSPS) is 17.4. The van der Waals surface area contributed by atoms with Crippen LogP contribution in [0.2, 0.25) is 0 Å². The van der Waals surface area contributed by atoms with E-state index >= 15 is 0 Å². The maximum absolute atomic E-state index is 12.4. The molecule has 6 heteroatoms. The van der Waals surface area contributed by atoms with Gasteiger partial charge in [-0.25, -0.2) is 0 Å². The molecule has 21 heavy (non-hydrogen) atoms. The Bertz CT molecular complexity index is 322. The van der Waals surface area contributed by atoms with Gasteiger partial charge >= 0.3 is 5.97 Å². The largest absolute Gasteiger partial charge is 0.481 e. The second kappa shape index (κ2) is 9.73. The van der Waals surface area contributed by atoms with E-state index in [0.717, 1.165) is 45.2 Å². The van der Waals surface area contributed by atoms with Crippen molar-refractivity contribution in [1.29, 1.82) is 0 Å². The summed E-state index contributed by atoms with van der Waals surface area (Å²) in [5, 5.41) is 14.8. The number of hydrogen-bond donors (Lipinski definition) is 3. The van der Waals surface area contributed by atoms with Gasteiger partial charge in [-0.05, 0) is 38.8 Å². The first-order valence-electron chi connectivity index (χ1n) is 7.80. The number of methoxy groups -OCH3 is 1. The average molecular weight is 300 g/mol. The Labute approximate surface area is 126 Å². The number of rotatable bonds is 10. The van der Waals surface area contributed by atoms with Gasteiger partial charge in [0.2, 0.25) is 5.91 Å². The topological polar surface area (TPSA) is 87.7 Å². The molecule has 0 aromatic heterocycles. The summed E-state index contributed by atoms with van der Waals surface area (Å²) in [5.74, 6) is -0.646. The van der Waals surface area contributed by atoms with Gasteiger partial charge in [0.15, 0.2) is 0 Å². The summed E-state index contributed by atoms with van der Waals surface area (Å²) >= 11 is 0. The summed E-state index contributed by atoms with van der Waals surface area (Å²) in [5.41, 5.74) is -0.386. The van der Waals surface area contributed by atoms with Gasteiger partial charge in [-0.1, -0.05) is 12.8 Å². The lowest BCUT2D eigenvalue weighted by molar-refractivity contribution is -0.137. The number of carbonyl (C=O) groups excluding carboxylic acids is 1. The molecular weight excluding hydrogens is 272 g/mol. The van der Waals surface area contributed by atoms with Crippen LogP contribution in [-0.2, 0) is 14.3 Å². The summed E-state index contributed by atoms with van der Waals surface area (Å²) in [4.78, 5) is 22.8. The van der Waals surface area contributed by atoms with E-state index in [4.69, 9.17) is 9.84 Å². The second-order valence-electron chi connectivity index (χ2n) is 5.78. The molecule has 0 aromatic rings. The first-order valence-corrected chi connectivity index (χ1v) is 7.80. The van der Waals surface area contributed by atoms with E-state index in [9.17, 15) is 9.59 Å². The molecule has 0 unspecified atom stereocenters. The Kier molecular flexibility index (Phi) is 8.30. The Hall–Kier alpha value is -1.14. The highest BCUT2D eigenvalue weighted by atomic mass is 16.5. The van der Waals surface area contributed by atoms with Crippen molar-refractivity contribution in [3.05, 3.63) is 0 Å². The molecule has 1 rings (SSSR count). The average Bonchev–Trinajstić information content (AvgIpc) is 2.47. The van der Waals surface area contributed by atoms with Gasteiger partial charge in [0.1, 0.15) is 0 Å². The molecule has 1 aliphatic rings. The molecule has 1 fully saturated rings. The minimum Gasteiger partial charge on any atom is -0.481 e. The Morgan fingerprint density at radius 3 is 2.48 bits per heavy atom. The van der Waals surface area contributed by atoms with Gasteiger partial charge in [-0.15, -0.1) is 0 Å². The smallest absolute Gasteiger partial charge is 0.303 e. The van der Waals surface area contributed by atoms with Gasteiger partial charge in [0.05, 0.1) is 12.0 Å². The minimum absolute atomic E-state index is 0.0939. The maximum atomic E-state index is 12.4. The van der Waals surface area contributed by atoms with Gasteiger partial charge in [0, 0.05) is 20.1 Å². The van der Waals surface area contributed by atoms with E-state index in [1.807, 2.05) is 0 Å². The molecule has 0 spiro atoms. The molecule has 6 nitrogen and oxygen atoms in total. The number of unbranched alkanes of at least 4 members (excludes halogenated alkanes) is 3. The zero-order chi connectivity index (χ0) is 15.6. The monoisotopic (exact) mass is 300 g/mol.